The van der Waals surface area contributed by atoms with Gasteiger partial charge in [-0.3, -0.25) is 14.2 Å². The number of fused-ring (bicyclic) bond motifs is 1. The summed E-state index contributed by atoms with van der Waals surface area (Å²) in [5.41, 5.74) is 2.10. The molecule has 2 heterocycles. The van der Waals surface area contributed by atoms with Crippen LogP contribution in [-0.4, -0.2) is 29.7 Å². The molecule has 9 heteroatoms. The van der Waals surface area contributed by atoms with Gasteiger partial charge in [0.15, 0.2) is 11.2 Å². The first-order valence-electron chi connectivity index (χ1n) is 11.0. The number of amides is 1. The molecular weight excluding hydrogens is 410 g/mol. The van der Waals surface area contributed by atoms with E-state index in [9.17, 15) is 19.5 Å². The van der Waals surface area contributed by atoms with Gasteiger partial charge in [-0.05, 0) is 49.9 Å². The van der Waals surface area contributed by atoms with Crippen molar-refractivity contribution in [3.05, 3.63) is 56.0 Å². The lowest BCUT2D eigenvalue weighted by Crippen LogP contribution is -2.43. The largest absolute Gasteiger partial charge is 0.388 e. The summed E-state index contributed by atoms with van der Waals surface area (Å²) in [5.74, 6) is -0.126. The molecule has 3 rings (SSSR count). The molecule has 0 aliphatic rings. The van der Waals surface area contributed by atoms with E-state index in [1.165, 1.54) is 4.57 Å². The summed E-state index contributed by atoms with van der Waals surface area (Å²) >= 11 is 0. The first kappa shape index (κ1) is 23.5. The maximum absolute atomic E-state index is 13.3. The number of aryl methyl sites for hydroxylation is 4. The van der Waals surface area contributed by atoms with Crippen LogP contribution in [0.2, 0.25) is 0 Å². The molecule has 1 aromatic carbocycles. The predicted octanol–water partition coefficient (Wildman–Crippen LogP) is 2.32. The van der Waals surface area contributed by atoms with Gasteiger partial charge in [-0.25, -0.2) is 14.3 Å². The molecule has 0 saturated carbocycles. The topological polar surface area (TPSA) is 111 Å². The molecule has 0 unspecified atom stereocenters. The summed E-state index contributed by atoms with van der Waals surface area (Å²) in [6.07, 6.45) is 2.29. The SMILES string of the molecule is CCCCn1c(=O)n(CC(=O)Nc2ccc(C)c(C)c2)c(=O)c2c1nc(CO)n2CCC. The summed E-state index contributed by atoms with van der Waals surface area (Å²) in [6, 6.07) is 5.54. The molecule has 2 aromatic heterocycles. The Morgan fingerprint density at radius 1 is 1.03 bits per heavy atom. The molecule has 0 fully saturated rings. The van der Waals surface area contributed by atoms with Crippen molar-refractivity contribution >= 4 is 22.8 Å². The van der Waals surface area contributed by atoms with Crippen molar-refractivity contribution in [1.82, 2.24) is 18.7 Å². The number of benzene rings is 1. The molecule has 0 spiro atoms. The lowest BCUT2D eigenvalue weighted by molar-refractivity contribution is -0.116. The van der Waals surface area contributed by atoms with E-state index < -0.39 is 23.7 Å². The average molecular weight is 442 g/mol. The van der Waals surface area contributed by atoms with E-state index in [1.807, 2.05) is 39.8 Å². The second-order valence-electron chi connectivity index (χ2n) is 8.04. The quantitative estimate of drug-likeness (QED) is 0.529. The molecule has 9 nitrogen and oxygen atoms in total. The van der Waals surface area contributed by atoms with Gasteiger partial charge < -0.3 is 15.0 Å². The number of carbonyl (C=O) groups excluding carboxylic acids is 1. The van der Waals surface area contributed by atoms with Crippen molar-refractivity contribution in [2.45, 2.75) is 73.2 Å². The Morgan fingerprint density at radius 2 is 1.78 bits per heavy atom. The van der Waals surface area contributed by atoms with E-state index in [1.54, 1.807) is 10.6 Å². The van der Waals surface area contributed by atoms with Crippen LogP contribution in [0, 0.1) is 13.8 Å². The zero-order valence-electron chi connectivity index (χ0n) is 19.1. The number of aliphatic hydroxyl groups is 1. The van der Waals surface area contributed by atoms with Crippen molar-refractivity contribution in [1.29, 1.82) is 0 Å². The third-order valence-electron chi connectivity index (χ3n) is 5.61. The van der Waals surface area contributed by atoms with Crippen molar-refractivity contribution in [2.24, 2.45) is 0 Å². The number of anilines is 1. The molecule has 0 bridgehead atoms. The third-order valence-corrected chi connectivity index (χ3v) is 5.61. The Kier molecular flexibility index (Phi) is 7.29. The standard InChI is InChI=1S/C23H31N5O4/c1-5-7-11-27-21-20(26(10-6-2)18(14-29)25-21)22(31)28(23(27)32)13-19(30)24-17-9-8-15(3)16(4)12-17/h8-9,12,29H,5-7,10-11,13-14H2,1-4H3,(H,24,30). The van der Waals surface area contributed by atoms with Crippen LogP contribution in [0.5, 0.6) is 0 Å². The van der Waals surface area contributed by atoms with E-state index in [0.717, 1.165) is 35.0 Å². The number of nitrogens with zero attached hydrogens (tertiary/aromatic N) is 4. The number of imidazole rings is 1. The van der Waals surface area contributed by atoms with Crippen LogP contribution in [0.25, 0.3) is 11.2 Å². The third kappa shape index (κ3) is 4.52. The Labute approximate surface area is 186 Å². The van der Waals surface area contributed by atoms with Crippen LogP contribution >= 0.6 is 0 Å². The highest BCUT2D eigenvalue weighted by molar-refractivity contribution is 5.90. The van der Waals surface area contributed by atoms with E-state index in [2.05, 4.69) is 10.3 Å². The van der Waals surface area contributed by atoms with Crippen LogP contribution in [0.1, 0.15) is 50.1 Å². The minimum absolute atomic E-state index is 0.241. The highest BCUT2D eigenvalue weighted by Crippen LogP contribution is 2.15. The number of carbonyl (C=O) groups is 1. The average Bonchev–Trinajstić information content (AvgIpc) is 3.12. The van der Waals surface area contributed by atoms with Crippen LogP contribution in [0.4, 0.5) is 5.69 Å². The molecule has 0 aliphatic heterocycles. The van der Waals surface area contributed by atoms with Crippen LogP contribution in [0.3, 0.4) is 0 Å². The van der Waals surface area contributed by atoms with E-state index in [0.29, 0.717) is 24.6 Å². The number of unbranched alkanes of at least 4 members (excludes halogenated alkanes) is 1. The number of hydrogen-bond donors (Lipinski definition) is 2. The number of hydrogen-bond acceptors (Lipinski definition) is 5. The monoisotopic (exact) mass is 441 g/mol. The number of rotatable bonds is 9. The van der Waals surface area contributed by atoms with Crippen molar-refractivity contribution in [2.75, 3.05) is 5.32 Å². The highest BCUT2D eigenvalue weighted by atomic mass is 16.3. The summed E-state index contributed by atoms with van der Waals surface area (Å²) < 4.78 is 4.05. The van der Waals surface area contributed by atoms with Gasteiger partial charge in [0, 0.05) is 18.8 Å². The van der Waals surface area contributed by atoms with Crippen LogP contribution in [-0.2, 0) is 31.0 Å². The molecular formula is C23H31N5O4. The van der Waals surface area contributed by atoms with Gasteiger partial charge in [-0.15, -0.1) is 0 Å². The first-order chi connectivity index (χ1) is 15.3. The van der Waals surface area contributed by atoms with Gasteiger partial charge in [0.25, 0.3) is 5.56 Å². The van der Waals surface area contributed by atoms with Gasteiger partial charge in [-0.2, -0.15) is 0 Å². The van der Waals surface area contributed by atoms with Crippen molar-refractivity contribution < 1.29 is 9.90 Å². The number of nitrogens with one attached hydrogen (secondary N) is 1. The van der Waals surface area contributed by atoms with Crippen LogP contribution < -0.4 is 16.6 Å². The zero-order valence-corrected chi connectivity index (χ0v) is 19.1. The highest BCUT2D eigenvalue weighted by Gasteiger charge is 2.22. The molecule has 0 saturated heterocycles. The number of aliphatic hydroxyl groups excluding tert-OH is 1. The van der Waals surface area contributed by atoms with E-state index >= 15 is 0 Å². The van der Waals surface area contributed by atoms with E-state index in [4.69, 9.17) is 0 Å². The Morgan fingerprint density at radius 3 is 2.41 bits per heavy atom. The van der Waals surface area contributed by atoms with E-state index in [-0.39, 0.29) is 17.8 Å². The smallest absolute Gasteiger partial charge is 0.333 e. The lowest BCUT2D eigenvalue weighted by atomic mass is 10.1. The summed E-state index contributed by atoms with van der Waals surface area (Å²) in [7, 11) is 0. The summed E-state index contributed by atoms with van der Waals surface area (Å²) in [6.45, 7) is 7.99. The maximum atomic E-state index is 13.3. The first-order valence-corrected chi connectivity index (χ1v) is 11.0. The summed E-state index contributed by atoms with van der Waals surface area (Å²) in [5, 5.41) is 12.5. The van der Waals surface area contributed by atoms with Gasteiger partial charge in [0.05, 0.1) is 0 Å². The zero-order chi connectivity index (χ0) is 23.4. The van der Waals surface area contributed by atoms with Gasteiger partial charge in [0.1, 0.15) is 19.0 Å². The van der Waals surface area contributed by atoms with Crippen molar-refractivity contribution in [3.63, 3.8) is 0 Å². The molecule has 2 N–H and O–H groups in total. The van der Waals surface area contributed by atoms with Gasteiger partial charge in [0.2, 0.25) is 5.91 Å². The molecule has 172 valence electrons. The minimum Gasteiger partial charge on any atom is -0.388 e. The van der Waals surface area contributed by atoms with Crippen molar-refractivity contribution in [3.8, 4) is 0 Å². The Balaban J connectivity index is 2.09. The number of aromatic nitrogens is 4. The fraction of sp³-hybridized carbons (Fsp3) is 0.478. The molecule has 1 amide bonds. The van der Waals surface area contributed by atoms with Gasteiger partial charge in [-0.1, -0.05) is 26.3 Å². The predicted molar refractivity (Wildman–Crippen MR) is 124 cm³/mol. The second-order valence-corrected chi connectivity index (χ2v) is 8.04. The summed E-state index contributed by atoms with van der Waals surface area (Å²) in [4.78, 5) is 43.6. The Hall–Kier alpha value is -3.20. The molecule has 3 aromatic rings. The van der Waals surface area contributed by atoms with Gasteiger partial charge >= 0.3 is 5.69 Å². The lowest BCUT2D eigenvalue weighted by Gasteiger charge is -2.13. The maximum Gasteiger partial charge on any atom is 0.333 e. The minimum atomic E-state index is -0.575. The fourth-order valence-electron chi connectivity index (χ4n) is 3.74. The fourth-order valence-corrected chi connectivity index (χ4v) is 3.74. The Bertz CT molecular complexity index is 1250. The molecule has 32 heavy (non-hydrogen) atoms. The molecule has 0 radical (unpaired) electrons. The normalized spacial score (nSPS) is 11.3. The second kappa shape index (κ2) is 9.95. The van der Waals surface area contributed by atoms with Crippen LogP contribution in [0.15, 0.2) is 27.8 Å². The molecule has 0 aliphatic carbocycles. The molecule has 0 atom stereocenters.